The van der Waals surface area contributed by atoms with Gasteiger partial charge in [-0.3, -0.25) is 0 Å². The smallest absolute Gasteiger partial charge is 0.308 e. The third-order valence-electron chi connectivity index (χ3n) is 5.21. The highest BCUT2D eigenvalue weighted by Gasteiger charge is 2.15. The van der Waals surface area contributed by atoms with E-state index in [2.05, 4.69) is 20.8 Å². The van der Waals surface area contributed by atoms with Crippen molar-refractivity contribution in [2.75, 3.05) is 10.6 Å². The Morgan fingerprint density at radius 1 is 0.839 bits per heavy atom. The number of hydrogen-bond donors (Lipinski definition) is 2. The van der Waals surface area contributed by atoms with Gasteiger partial charge < -0.3 is 10.6 Å². The molecule has 2 N–H and O–H groups in total. The minimum Gasteiger partial charge on any atom is -0.308 e. The molecule has 0 aliphatic carbocycles. The van der Waals surface area contributed by atoms with Crippen molar-refractivity contribution in [3.05, 3.63) is 84.2 Å². The fraction of sp³-hybridized carbons (Fsp3) is 0.0833. The van der Waals surface area contributed by atoms with E-state index in [9.17, 15) is 4.79 Å². The largest absolute Gasteiger partial charge is 0.323 e. The van der Waals surface area contributed by atoms with E-state index in [1.807, 2.05) is 86.6 Å². The van der Waals surface area contributed by atoms with E-state index >= 15 is 0 Å². The van der Waals surface area contributed by atoms with Crippen LogP contribution in [-0.2, 0) is 0 Å². The zero-order valence-corrected chi connectivity index (χ0v) is 17.1. The van der Waals surface area contributed by atoms with E-state index in [0.717, 1.165) is 50.4 Å². The van der Waals surface area contributed by atoms with Crippen LogP contribution in [0.1, 0.15) is 11.4 Å². The highest BCUT2D eigenvalue weighted by Crippen LogP contribution is 2.31. The molecule has 7 nitrogen and oxygen atoms in total. The van der Waals surface area contributed by atoms with Crippen molar-refractivity contribution >= 4 is 33.8 Å². The molecule has 0 aliphatic rings. The third kappa shape index (κ3) is 3.46. The number of rotatable bonds is 3. The number of anilines is 2. The maximum absolute atomic E-state index is 12.5. The van der Waals surface area contributed by atoms with Crippen molar-refractivity contribution in [1.82, 2.24) is 19.8 Å². The summed E-state index contributed by atoms with van der Waals surface area (Å²) in [5, 5.41) is 21.0. The fourth-order valence-electron chi connectivity index (χ4n) is 3.61. The van der Waals surface area contributed by atoms with Crippen LogP contribution in [-0.4, -0.2) is 25.8 Å². The van der Waals surface area contributed by atoms with Crippen LogP contribution in [0.5, 0.6) is 0 Å². The van der Waals surface area contributed by atoms with Gasteiger partial charge in [0.2, 0.25) is 0 Å². The van der Waals surface area contributed by atoms with Crippen molar-refractivity contribution in [3.8, 4) is 11.3 Å². The molecule has 5 aromatic rings. The van der Waals surface area contributed by atoms with E-state index in [0.29, 0.717) is 0 Å². The van der Waals surface area contributed by atoms with E-state index in [1.165, 1.54) is 0 Å². The number of nitrogens with one attached hydrogen (secondary N) is 2. The Balaban J connectivity index is 1.56. The maximum Gasteiger partial charge on any atom is 0.323 e. The summed E-state index contributed by atoms with van der Waals surface area (Å²) < 4.78 is 1.76. The lowest BCUT2D eigenvalue weighted by molar-refractivity contribution is 0.262. The van der Waals surface area contributed by atoms with Crippen LogP contribution in [0.15, 0.2) is 72.8 Å². The number of carbonyl (C=O) groups is 1. The van der Waals surface area contributed by atoms with Gasteiger partial charge in [-0.1, -0.05) is 54.6 Å². The number of hydrogen-bond acceptors (Lipinski definition) is 4. The Morgan fingerprint density at radius 3 is 2.39 bits per heavy atom. The van der Waals surface area contributed by atoms with Crippen LogP contribution in [0.3, 0.4) is 0 Å². The molecule has 0 atom stereocenters. The molecular weight excluding hydrogens is 388 g/mol. The Morgan fingerprint density at radius 2 is 1.58 bits per heavy atom. The number of aromatic nitrogens is 4. The van der Waals surface area contributed by atoms with Crippen molar-refractivity contribution in [2.24, 2.45) is 0 Å². The van der Waals surface area contributed by atoms with Crippen LogP contribution >= 0.6 is 0 Å². The predicted octanol–water partition coefficient (Wildman–Crippen LogP) is 5.21. The fourth-order valence-corrected chi connectivity index (χ4v) is 3.61. The summed E-state index contributed by atoms with van der Waals surface area (Å²) in [4.78, 5) is 12.5. The summed E-state index contributed by atoms with van der Waals surface area (Å²) in [6, 6.07) is 23.0. The van der Waals surface area contributed by atoms with Crippen molar-refractivity contribution in [1.29, 1.82) is 0 Å². The summed E-state index contributed by atoms with van der Waals surface area (Å²) >= 11 is 0. The van der Waals surface area contributed by atoms with Gasteiger partial charge in [-0.05, 0) is 37.6 Å². The molecule has 31 heavy (non-hydrogen) atoms. The van der Waals surface area contributed by atoms with Gasteiger partial charge in [0.1, 0.15) is 0 Å². The molecule has 0 unspecified atom stereocenters. The molecule has 0 bridgehead atoms. The van der Waals surface area contributed by atoms with Gasteiger partial charge >= 0.3 is 6.03 Å². The summed E-state index contributed by atoms with van der Waals surface area (Å²) in [7, 11) is 0. The predicted molar refractivity (Wildman–Crippen MR) is 122 cm³/mol. The molecule has 0 fully saturated rings. The zero-order chi connectivity index (χ0) is 21.4. The average molecular weight is 408 g/mol. The first kappa shape index (κ1) is 18.7. The van der Waals surface area contributed by atoms with Gasteiger partial charge in [-0.25, -0.2) is 4.79 Å². The van der Waals surface area contributed by atoms with Gasteiger partial charge in [0.05, 0.1) is 5.69 Å². The Labute approximate surface area is 178 Å². The standard InChI is InChI=1S/C24H20N6O/c1-15-12-13-17(14-21(15)26-24(31)25-18-8-4-3-5-9-18)22-19-10-6-7-11-20(19)23-28-27-16(2)30(23)29-22/h3-14H,1-2H3,(H2,25,26,31). The minimum absolute atomic E-state index is 0.297. The molecule has 7 heteroatoms. The molecule has 0 radical (unpaired) electrons. The number of carbonyl (C=O) groups excluding carboxylic acids is 1. The number of nitrogens with zero attached hydrogens (tertiary/aromatic N) is 4. The first-order valence-corrected chi connectivity index (χ1v) is 9.95. The normalized spacial score (nSPS) is 11.0. The number of aryl methyl sites for hydroxylation is 2. The topological polar surface area (TPSA) is 84.2 Å². The molecule has 2 aromatic heterocycles. The maximum atomic E-state index is 12.5. The Bertz CT molecular complexity index is 1420. The summed E-state index contributed by atoms with van der Waals surface area (Å²) in [5.41, 5.74) is 4.83. The second kappa shape index (κ2) is 7.53. The summed E-state index contributed by atoms with van der Waals surface area (Å²) in [6.07, 6.45) is 0. The van der Waals surface area contributed by atoms with Crippen molar-refractivity contribution < 1.29 is 4.79 Å². The molecule has 0 spiro atoms. The van der Waals surface area contributed by atoms with Gasteiger partial charge in [0.15, 0.2) is 11.5 Å². The minimum atomic E-state index is -0.297. The van der Waals surface area contributed by atoms with Gasteiger partial charge in [0, 0.05) is 27.7 Å². The van der Waals surface area contributed by atoms with E-state index < -0.39 is 0 Å². The van der Waals surface area contributed by atoms with Gasteiger partial charge in [-0.15, -0.1) is 10.2 Å². The lowest BCUT2D eigenvalue weighted by Crippen LogP contribution is -2.19. The Kier molecular flexibility index (Phi) is 4.55. The Hall–Kier alpha value is -4.26. The monoisotopic (exact) mass is 408 g/mol. The first-order chi connectivity index (χ1) is 15.1. The van der Waals surface area contributed by atoms with Gasteiger partial charge in [0.25, 0.3) is 0 Å². The van der Waals surface area contributed by atoms with Crippen molar-refractivity contribution in [2.45, 2.75) is 13.8 Å². The lowest BCUT2D eigenvalue weighted by Gasteiger charge is -2.13. The van der Waals surface area contributed by atoms with Crippen LogP contribution < -0.4 is 10.6 Å². The average Bonchev–Trinajstić information content (AvgIpc) is 3.16. The van der Waals surface area contributed by atoms with Crippen LogP contribution in [0.2, 0.25) is 0 Å². The first-order valence-electron chi connectivity index (χ1n) is 9.95. The number of benzene rings is 3. The highest BCUT2D eigenvalue weighted by atomic mass is 16.2. The molecule has 2 heterocycles. The molecule has 2 amide bonds. The molecule has 152 valence electrons. The molecule has 0 saturated carbocycles. The molecule has 0 saturated heterocycles. The quantitative estimate of drug-likeness (QED) is 0.429. The lowest BCUT2D eigenvalue weighted by atomic mass is 10.0. The van der Waals surface area contributed by atoms with Crippen LogP contribution in [0.4, 0.5) is 16.2 Å². The SMILES string of the molecule is Cc1ccc(-c2nn3c(C)nnc3c3ccccc23)cc1NC(=O)Nc1ccccc1. The molecular formula is C24H20N6O. The molecule has 5 rings (SSSR count). The number of amides is 2. The van der Waals surface area contributed by atoms with Crippen molar-refractivity contribution in [3.63, 3.8) is 0 Å². The van der Waals surface area contributed by atoms with Crippen LogP contribution in [0, 0.1) is 13.8 Å². The molecule has 0 aliphatic heterocycles. The number of urea groups is 1. The molecule has 3 aromatic carbocycles. The zero-order valence-electron chi connectivity index (χ0n) is 17.1. The number of fused-ring (bicyclic) bond motifs is 3. The highest BCUT2D eigenvalue weighted by molar-refractivity contribution is 6.03. The van der Waals surface area contributed by atoms with E-state index in [1.54, 1.807) is 4.52 Å². The van der Waals surface area contributed by atoms with E-state index in [-0.39, 0.29) is 6.03 Å². The van der Waals surface area contributed by atoms with Crippen LogP contribution in [0.25, 0.3) is 27.7 Å². The second-order valence-electron chi connectivity index (χ2n) is 7.35. The summed E-state index contributed by atoms with van der Waals surface area (Å²) in [5.74, 6) is 0.717. The number of para-hydroxylation sites is 1. The van der Waals surface area contributed by atoms with Gasteiger partial charge in [-0.2, -0.15) is 9.61 Å². The second-order valence-corrected chi connectivity index (χ2v) is 7.35. The summed E-state index contributed by atoms with van der Waals surface area (Å²) in [6.45, 7) is 3.84. The third-order valence-corrected chi connectivity index (χ3v) is 5.21. The van der Waals surface area contributed by atoms with E-state index in [4.69, 9.17) is 5.10 Å².